The van der Waals surface area contributed by atoms with Gasteiger partial charge in [0.25, 0.3) is 0 Å². The summed E-state index contributed by atoms with van der Waals surface area (Å²) in [4.78, 5) is 0. The predicted octanol–water partition coefficient (Wildman–Crippen LogP) is 6.54. The molecule has 0 saturated carbocycles. The van der Waals surface area contributed by atoms with Crippen molar-refractivity contribution in [2.75, 3.05) is 0 Å². The van der Waals surface area contributed by atoms with Crippen molar-refractivity contribution in [3.05, 3.63) is 69.8 Å². The highest BCUT2D eigenvalue weighted by Crippen LogP contribution is 2.59. The molecule has 3 aliphatic carbocycles. The average molecular weight is 306 g/mol. The number of rotatable bonds is 0. The molecule has 0 heterocycles. The Balaban J connectivity index is 1.98. The van der Waals surface area contributed by atoms with Gasteiger partial charge < -0.3 is 0 Å². The molecule has 0 spiro atoms. The van der Waals surface area contributed by atoms with E-state index < -0.39 is 0 Å². The molecular weight excluding hydrogens is 288 g/mol. The Hall–Kier alpha value is -2.34. The molecule has 0 amide bonds. The summed E-state index contributed by atoms with van der Waals surface area (Å²) in [6, 6.07) is 14.5. The second-order valence-electron chi connectivity index (χ2n) is 8.15. The molecule has 0 aliphatic heterocycles. The maximum Gasteiger partial charge on any atom is 0.00737 e. The van der Waals surface area contributed by atoms with Crippen LogP contribution in [0.15, 0.2) is 36.4 Å². The van der Waals surface area contributed by atoms with Gasteiger partial charge in [0.2, 0.25) is 0 Å². The van der Waals surface area contributed by atoms with Gasteiger partial charge in [0.1, 0.15) is 0 Å². The molecule has 0 fully saturated rings. The molecule has 0 N–H and O–H groups in total. The van der Waals surface area contributed by atoms with Gasteiger partial charge in [-0.2, -0.15) is 0 Å². The minimum Gasteiger partial charge on any atom is -0.0575 e. The summed E-state index contributed by atoms with van der Waals surface area (Å²) in [6.45, 7) is 7.16. The molecule has 114 valence electrons. The molecule has 4 aromatic rings. The van der Waals surface area contributed by atoms with E-state index in [0.717, 1.165) is 0 Å². The minimum absolute atomic E-state index is 0.527. The standard InChI is InChI=1S/C24H18/c1-10-13-4-6-15-11(2)17-8-9-18-12(3)16-7-5-14(10)20-19(13)21(15)23(17)24(18)22(16)20/h4-12H,1-3H3. The monoisotopic (exact) mass is 306 g/mol. The first-order chi connectivity index (χ1) is 11.7. The van der Waals surface area contributed by atoms with Crippen molar-refractivity contribution in [1.29, 1.82) is 0 Å². The molecule has 7 rings (SSSR count). The Morgan fingerprint density at radius 2 is 0.542 bits per heavy atom. The first-order valence-electron chi connectivity index (χ1n) is 9.20. The fourth-order valence-corrected chi connectivity index (χ4v) is 6.19. The maximum absolute atomic E-state index is 2.41. The molecular formula is C24H18. The third-order valence-electron chi connectivity index (χ3n) is 7.36. The van der Waals surface area contributed by atoms with Gasteiger partial charge in [-0.15, -0.1) is 0 Å². The molecule has 0 radical (unpaired) electrons. The van der Waals surface area contributed by atoms with E-state index in [2.05, 4.69) is 57.2 Å². The lowest BCUT2D eigenvalue weighted by Crippen LogP contribution is -1.92. The highest BCUT2D eigenvalue weighted by Gasteiger charge is 2.37. The van der Waals surface area contributed by atoms with Crippen LogP contribution in [0.2, 0.25) is 0 Å². The summed E-state index contributed by atoms with van der Waals surface area (Å²) >= 11 is 0. The van der Waals surface area contributed by atoms with E-state index in [9.17, 15) is 0 Å². The lowest BCUT2D eigenvalue weighted by Gasteiger charge is -2.09. The minimum atomic E-state index is 0.527. The summed E-state index contributed by atoms with van der Waals surface area (Å²) < 4.78 is 0. The van der Waals surface area contributed by atoms with Gasteiger partial charge in [0.05, 0.1) is 0 Å². The van der Waals surface area contributed by atoms with Gasteiger partial charge in [-0.3, -0.25) is 0 Å². The predicted molar refractivity (Wildman–Crippen MR) is 102 cm³/mol. The van der Waals surface area contributed by atoms with Gasteiger partial charge in [0.15, 0.2) is 0 Å². The fraction of sp³-hybridized carbons (Fsp3) is 0.250. The molecule has 3 aliphatic rings. The Labute approximate surface area is 141 Å². The zero-order valence-corrected chi connectivity index (χ0v) is 14.2. The number of benzene rings is 4. The zero-order chi connectivity index (χ0) is 15.9. The van der Waals surface area contributed by atoms with Crippen molar-refractivity contribution >= 4 is 32.3 Å². The summed E-state index contributed by atoms with van der Waals surface area (Å²) in [5.74, 6) is 1.58. The van der Waals surface area contributed by atoms with Crippen LogP contribution in [0, 0.1) is 0 Å². The molecule has 0 nitrogen and oxygen atoms in total. The highest BCUT2D eigenvalue weighted by atomic mass is 14.4. The molecule has 0 unspecified atom stereocenters. The molecule has 0 atom stereocenters. The molecule has 4 aromatic carbocycles. The maximum atomic E-state index is 2.41. The quantitative estimate of drug-likeness (QED) is 0.323. The molecule has 0 aromatic heterocycles. The Morgan fingerprint density at radius 3 is 0.708 bits per heavy atom. The highest BCUT2D eigenvalue weighted by molar-refractivity contribution is 6.34. The first-order valence-corrected chi connectivity index (χ1v) is 9.20. The molecule has 0 heteroatoms. The van der Waals surface area contributed by atoms with Gasteiger partial charge in [-0.1, -0.05) is 57.2 Å². The van der Waals surface area contributed by atoms with Crippen molar-refractivity contribution in [1.82, 2.24) is 0 Å². The third kappa shape index (κ3) is 0.955. The van der Waals surface area contributed by atoms with Crippen LogP contribution in [0.4, 0.5) is 0 Å². The Bertz CT molecular complexity index is 1000. The van der Waals surface area contributed by atoms with Crippen molar-refractivity contribution < 1.29 is 0 Å². The number of hydrogen-bond donors (Lipinski definition) is 0. The van der Waals surface area contributed by atoms with E-state index in [4.69, 9.17) is 0 Å². The first kappa shape index (κ1) is 12.1. The van der Waals surface area contributed by atoms with Crippen LogP contribution in [-0.2, 0) is 0 Å². The van der Waals surface area contributed by atoms with E-state index in [1.165, 1.54) is 0 Å². The zero-order valence-electron chi connectivity index (χ0n) is 14.2. The van der Waals surface area contributed by atoms with E-state index in [1.54, 1.807) is 65.7 Å². The Morgan fingerprint density at radius 1 is 0.375 bits per heavy atom. The van der Waals surface area contributed by atoms with Crippen LogP contribution in [0.5, 0.6) is 0 Å². The van der Waals surface area contributed by atoms with Crippen LogP contribution in [-0.4, -0.2) is 0 Å². The summed E-state index contributed by atoms with van der Waals surface area (Å²) in [7, 11) is 0. The topological polar surface area (TPSA) is 0 Å². The van der Waals surface area contributed by atoms with Gasteiger partial charge in [0, 0.05) is 17.8 Å². The van der Waals surface area contributed by atoms with Crippen molar-refractivity contribution in [3.8, 4) is 0 Å². The van der Waals surface area contributed by atoms with Crippen LogP contribution in [0.3, 0.4) is 0 Å². The lowest BCUT2D eigenvalue weighted by atomic mass is 9.94. The van der Waals surface area contributed by atoms with Crippen molar-refractivity contribution in [3.63, 3.8) is 0 Å². The number of hydrogen-bond acceptors (Lipinski definition) is 0. The molecule has 0 bridgehead atoms. The molecule has 24 heavy (non-hydrogen) atoms. The largest absolute Gasteiger partial charge is 0.0575 e. The van der Waals surface area contributed by atoms with E-state index in [-0.39, 0.29) is 0 Å². The van der Waals surface area contributed by atoms with Crippen molar-refractivity contribution in [2.24, 2.45) is 0 Å². The third-order valence-corrected chi connectivity index (χ3v) is 7.36. The van der Waals surface area contributed by atoms with E-state index >= 15 is 0 Å². The second-order valence-corrected chi connectivity index (χ2v) is 8.15. The Kier molecular flexibility index (Phi) is 1.70. The summed E-state index contributed by atoms with van der Waals surface area (Å²) in [5, 5.41) is 9.48. The molecule has 0 saturated heterocycles. The average Bonchev–Trinajstić information content (AvgIpc) is 3.17. The van der Waals surface area contributed by atoms with Gasteiger partial charge in [-0.25, -0.2) is 0 Å². The second kappa shape index (κ2) is 3.37. The van der Waals surface area contributed by atoms with Crippen molar-refractivity contribution in [2.45, 2.75) is 38.5 Å². The van der Waals surface area contributed by atoms with Crippen LogP contribution < -0.4 is 0 Å². The van der Waals surface area contributed by atoms with Crippen LogP contribution in [0.25, 0.3) is 32.3 Å². The fourth-order valence-electron chi connectivity index (χ4n) is 6.19. The van der Waals surface area contributed by atoms with Crippen LogP contribution >= 0.6 is 0 Å². The normalized spacial score (nSPS) is 24.9. The van der Waals surface area contributed by atoms with Gasteiger partial charge in [-0.05, 0) is 65.7 Å². The smallest absolute Gasteiger partial charge is 0.00737 e. The van der Waals surface area contributed by atoms with E-state index in [0.29, 0.717) is 17.8 Å². The van der Waals surface area contributed by atoms with Gasteiger partial charge >= 0.3 is 0 Å². The lowest BCUT2D eigenvalue weighted by molar-refractivity contribution is 0.945. The summed E-state index contributed by atoms with van der Waals surface area (Å²) in [6.07, 6.45) is 0. The SMILES string of the molecule is CC1c2ccc3c4c2c2c1ccc1c2c2c(ccc(c42)C3C)C1C. The van der Waals surface area contributed by atoms with Crippen LogP contribution in [0.1, 0.15) is 71.9 Å². The summed E-state index contributed by atoms with van der Waals surface area (Å²) in [5.41, 5.74) is 9.29. The van der Waals surface area contributed by atoms with E-state index in [1.807, 2.05) is 0 Å².